The van der Waals surface area contributed by atoms with E-state index in [-0.39, 0.29) is 0 Å². The first-order chi connectivity index (χ1) is 12.6. The molecule has 0 radical (unpaired) electrons. The average Bonchev–Trinajstić information content (AvgIpc) is 3.04. The molecule has 26 heavy (non-hydrogen) atoms. The first-order valence-electron chi connectivity index (χ1n) is 9.55. The van der Waals surface area contributed by atoms with Crippen molar-refractivity contribution < 1.29 is 0 Å². The molecule has 0 bridgehead atoms. The Bertz CT molecular complexity index is 935. The fourth-order valence-electron chi connectivity index (χ4n) is 3.94. The van der Waals surface area contributed by atoms with Gasteiger partial charge in [-0.1, -0.05) is 18.2 Å². The third kappa shape index (κ3) is 3.47. The lowest BCUT2D eigenvalue weighted by Gasteiger charge is -2.20. The van der Waals surface area contributed by atoms with E-state index in [0.717, 1.165) is 52.1 Å². The van der Waals surface area contributed by atoms with Crippen LogP contribution in [0.25, 0.3) is 22.0 Å². The summed E-state index contributed by atoms with van der Waals surface area (Å²) in [6.45, 7) is 8.69. The fourth-order valence-corrected chi connectivity index (χ4v) is 3.94. The van der Waals surface area contributed by atoms with Crippen molar-refractivity contribution in [3.05, 3.63) is 53.5 Å². The number of benzene rings is 1. The quantitative estimate of drug-likeness (QED) is 0.705. The van der Waals surface area contributed by atoms with Gasteiger partial charge in [-0.15, -0.1) is 0 Å². The number of likely N-dealkylation sites (tertiary alicyclic amines) is 1. The molecule has 134 valence electrons. The van der Waals surface area contributed by atoms with E-state index in [1.165, 1.54) is 19.4 Å². The number of rotatable bonds is 4. The SMILES string of the molecule is Cc1ccc(-c2ccc3cc(CCN4CCCC4C)nnc3c2)c(C)n1. The van der Waals surface area contributed by atoms with Crippen LogP contribution in [0.1, 0.15) is 36.8 Å². The van der Waals surface area contributed by atoms with Crippen LogP contribution in [0.2, 0.25) is 0 Å². The van der Waals surface area contributed by atoms with Crippen molar-refractivity contribution in [2.24, 2.45) is 0 Å². The van der Waals surface area contributed by atoms with Crippen molar-refractivity contribution in [3.63, 3.8) is 0 Å². The van der Waals surface area contributed by atoms with E-state index in [9.17, 15) is 0 Å². The molecule has 1 atom stereocenters. The van der Waals surface area contributed by atoms with Gasteiger partial charge in [-0.05, 0) is 63.9 Å². The summed E-state index contributed by atoms with van der Waals surface area (Å²) in [4.78, 5) is 7.13. The van der Waals surface area contributed by atoms with Crippen molar-refractivity contribution in [1.82, 2.24) is 20.1 Å². The number of aryl methyl sites for hydroxylation is 2. The number of hydrogen-bond donors (Lipinski definition) is 0. The normalized spacial score (nSPS) is 17.9. The molecule has 1 saturated heterocycles. The van der Waals surface area contributed by atoms with Gasteiger partial charge in [0.25, 0.3) is 0 Å². The summed E-state index contributed by atoms with van der Waals surface area (Å²) in [5.41, 5.74) is 6.43. The number of nitrogens with zero attached hydrogens (tertiary/aromatic N) is 4. The summed E-state index contributed by atoms with van der Waals surface area (Å²) in [5, 5.41) is 10.1. The Balaban J connectivity index is 1.56. The maximum absolute atomic E-state index is 4.57. The van der Waals surface area contributed by atoms with E-state index in [1.54, 1.807) is 0 Å². The second kappa shape index (κ2) is 7.12. The third-order valence-electron chi connectivity index (χ3n) is 5.52. The average molecular weight is 346 g/mol. The number of hydrogen-bond acceptors (Lipinski definition) is 4. The lowest BCUT2D eigenvalue weighted by molar-refractivity contribution is 0.271. The van der Waals surface area contributed by atoms with Crippen molar-refractivity contribution >= 4 is 10.9 Å². The highest BCUT2D eigenvalue weighted by molar-refractivity contribution is 5.84. The van der Waals surface area contributed by atoms with Crippen LogP contribution < -0.4 is 0 Å². The van der Waals surface area contributed by atoms with E-state index >= 15 is 0 Å². The summed E-state index contributed by atoms with van der Waals surface area (Å²) in [6, 6.07) is 13.5. The molecule has 1 unspecified atom stereocenters. The van der Waals surface area contributed by atoms with E-state index < -0.39 is 0 Å². The fraction of sp³-hybridized carbons (Fsp3) is 0.409. The molecule has 4 heteroatoms. The Morgan fingerprint density at radius 3 is 2.73 bits per heavy atom. The minimum absolute atomic E-state index is 0.706. The molecule has 0 spiro atoms. The Morgan fingerprint density at radius 2 is 1.96 bits per heavy atom. The zero-order chi connectivity index (χ0) is 18.1. The number of aromatic nitrogens is 3. The smallest absolute Gasteiger partial charge is 0.0936 e. The Hall–Kier alpha value is -2.33. The molecular formula is C22H26N4. The molecule has 1 aliphatic heterocycles. The first kappa shape index (κ1) is 17.1. The molecule has 4 rings (SSSR count). The molecule has 2 aromatic heterocycles. The lowest BCUT2D eigenvalue weighted by Crippen LogP contribution is -2.29. The van der Waals surface area contributed by atoms with Gasteiger partial charge in [0.1, 0.15) is 0 Å². The van der Waals surface area contributed by atoms with Gasteiger partial charge >= 0.3 is 0 Å². The minimum Gasteiger partial charge on any atom is -0.300 e. The molecule has 0 amide bonds. The molecule has 3 heterocycles. The number of fused-ring (bicyclic) bond motifs is 1. The lowest BCUT2D eigenvalue weighted by atomic mass is 10.0. The van der Waals surface area contributed by atoms with Crippen LogP contribution in [0.3, 0.4) is 0 Å². The van der Waals surface area contributed by atoms with Gasteiger partial charge in [0.05, 0.1) is 11.2 Å². The summed E-state index contributed by atoms with van der Waals surface area (Å²) in [7, 11) is 0. The Labute approximate surface area is 155 Å². The molecule has 3 aromatic rings. The summed E-state index contributed by atoms with van der Waals surface area (Å²) in [6.07, 6.45) is 3.61. The molecular weight excluding hydrogens is 320 g/mol. The highest BCUT2D eigenvalue weighted by Gasteiger charge is 2.19. The van der Waals surface area contributed by atoms with Crippen molar-refractivity contribution in [2.75, 3.05) is 13.1 Å². The molecule has 0 N–H and O–H groups in total. The van der Waals surface area contributed by atoms with Crippen molar-refractivity contribution in [1.29, 1.82) is 0 Å². The third-order valence-corrected chi connectivity index (χ3v) is 5.52. The van der Waals surface area contributed by atoms with E-state index in [1.807, 2.05) is 6.92 Å². The van der Waals surface area contributed by atoms with Crippen molar-refractivity contribution in [2.45, 2.75) is 46.1 Å². The molecule has 4 nitrogen and oxygen atoms in total. The van der Waals surface area contributed by atoms with Gasteiger partial charge in [0.2, 0.25) is 0 Å². The molecule has 1 aromatic carbocycles. The predicted octanol–water partition coefficient (Wildman–Crippen LogP) is 4.34. The second-order valence-corrected chi connectivity index (χ2v) is 7.47. The summed E-state index contributed by atoms with van der Waals surface area (Å²) < 4.78 is 0. The minimum atomic E-state index is 0.706. The van der Waals surface area contributed by atoms with Crippen LogP contribution in [-0.4, -0.2) is 39.2 Å². The molecule has 1 aliphatic rings. The van der Waals surface area contributed by atoms with Crippen LogP contribution in [-0.2, 0) is 6.42 Å². The molecule has 1 fully saturated rings. The highest BCUT2D eigenvalue weighted by atomic mass is 15.2. The van der Waals surface area contributed by atoms with Gasteiger partial charge < -0.3 is 4.90 Å². The van der Waals surface area contributed by atoms with Gasteiger partial charge in [-0.2, -0.15) is 10.2 Å². The monoisotopic (exact) mass is 346 g/mol. The highest BCUT2D eigenvalue weighted by Crippen LogP contribution is 2.26. The van der Waals surface area contributed by atoms with E-state index in [0.29, 0.717) is 6.04 Å². The Kier molecular flexibility index (Phi) is 4.68. The zero-order valence-corrected chi connectivity index (χ0v) is 15.9. The van der Waals surface area contributed by atoms with E-state index in [4.69, 9.17) is 0 Å². The largest absolute Gasteiger partial charge is 0.300 e. The van der Waals surface area contributed by atoms with Crippen LogP contribution in [0, 0.1) is 13.8 Å². The summed E-state index contributed by atoms with van der Waals surface area (Å²) in [5.74, 6) is 0. The molecule has 0 saturated carbocycles. The Morgan fingerprint density at radius 1 is 1.08 bits per heavy atom. The van der Waals surface area contributed by atoms with Crippen LogP contribution in [0.15, 0.2) is 36.4 Å². The topological polar surface area (TPSA) is 41.9 Å². The first-order valence-corrected chi connectivity index (χ1v) is 9.55. The van der Waals surface area contributed by atoms with Crippen LogP contribution in [0.5, 0.6) is 0 Å². The second-order valence-electron chi connectivity index (χ2n) is 7.47. The van der Waals surface area contributed by atoms with Crippen LogP contribution >= 0.6 is 0 Å². The zero-order valence-electron chi connectivity index (χ0n) is 15.9. The van der Waals surface area contributed by atoms with Gasteiger partial charge in [-0.3, -0.25) is 4.98 Å². The van der Waals surface area contributed by atoms with Gasteiger partial charge in [0, 0.05) is 41.3 Å². The van der Waals surface area contributed by atoms with Crippen molar-refractivity contribution in [3.8, 4) is 11.1 Å². The van der Waals surface area contributed by atoms with Gasteiger partial charge in [0.15, 0.2) is 0 Å². The maximum Gasteiger partial charge on any atom is 0.0936 e. The molecule has 0 aliphatic carbocycles. The number of pyridine rings is 1. The summed E-state index contributed by atoms with van der Waals surface area (Å²) >= 11 is 0. The van der Waals surface area contributed by atoms with E-state index in [2.05, 4.69) is 70.3 Å². The standard InChI is InChI=1S/C22H26N4/c1-15-6-9-21(17(3)23-15)18-7-8-19-13-20(24-25-22(19)14-18)10-12-26-11-4-5-16(26)2/h6-9,13-14,16H,4-5,10-12H2,1-3H3. The predicted molar refractivity (Wildman–Crippen MR) is 106 cm³/mol. The van der Waals surface area contributed by atoms with Crippen LogP contribution in [0.4, 0.5) is 0 Å². The van der Waals surface area contributed by atoms with Gasteiger partial charge in [-0.25, -0.2) is 0 Å². The maximum atomic E-state index is 4.57.